The molecule has 38 heavy (non-hydrogen) atoms. The zero-order valence-corrected chi connectivity index (χ0v) is 24.0. The molecule has 1 saturated carbocycles. The Labute approximate surface area is 227 Å². The number of rotatable bonds is 13. The molecular formula is C29H47N5O4. The zero-order valence-electron chi connectivity index (χ0n) is 24.0. The van der Waals surface area contributed by atoms with E-state index in [1.807, 2.05) is 6.92 Å². The fraction of sp³-hybridized carbons (Fsp3) is 0.655. The molecule has 0 aromatic heterocycles. The molecule has 9 heteroatoms. The average molecular weight is 530 g/mol. The van der Waals surface area contributed by atoms with Crippen molar-refractivity contribution in [2.24, 2.45) is 40.5 Å². The van der Waals surface area contributed by atoms with Crippen LogP contribution >= 0.6 is 0 Å². The van der Waals surface area contributed by atoms with Crippen molar-refractivity contribution in [3.05, 3.63) is 29.8 Å². The van der Waals surface area contributed by atoms with Gasteiger partial charge in [0.05, 0.1) is 11.3 Å². The summed E-state index contributed by atoms with van der Waals surface area (Å²) in [5, 5.41) is 6.03. The summed E-state index contributed by atoms with van der Waals surface area (Å²) < 4.78 is 6.01. The van der Waals surface area contributed by atoms with Crippen LogP contribution in [-0.4, -0.2) is 41.0 Å². The Morgan fingerprint density at radius 1 is 1.13 bits per heavy atom. The van der Waals surface area contributed by atoms with Crippen molar-refractivity contribution in [1.29, 1.82) is 0 Å². The topological polar surface area (TPSA) is 131 Å². The van der Waals surface area contributed by atoms with Gasteiger partial charge in [0.25, 0.3) is 5.91 Å². The maximum atomic E-state index is 13.3. The normalized spacial score (nSPS) is 20.7. The van der Waals surface area contributed by atoms with E-state index >= 15 is 0 Å². The van der Waals surface area contributed by atoms with Crippen molar-refractivity contribution < 1.29 is 19.1 Å². The second-order valence-electron chi connectivity index (χ2n) is 11.0. The van der Waals surface area contributed by atoms with Gasteiger partial charge in [-0.1, -0.05) is 72.4 Å². The number of anilines is 1. The van der Waals surface area contributed by atoms with Crippen LogP contribution in [0.5, 0.6) is 0 Å². The molecule has 4 unspecified atom stereocenters. The number of carbonyl (C=O) groups is 3. The van der Waals surface area contributed by atoms with Crippen LogP contribution < -0.4 is 16.8 Å². The third-order valence-corrected chi connectivity index (χ3v) is 7.59. The second-order valence-corrected chi connectivity index (χ2v) is 11.0. The number of hydrazone groups is 1. The summed E-state index contributed by atoms with van der Waals surface area (Å²) in [7, 11) is 0. The Morgan fingerprint density at radius 2 is 1.82 bits per heavy atom. The van der Waals surface area contributed by atoms with Gasteiger partial charge < -0.3 is 4.74 Å². The van der Waals surface area contributed by atoms with E-state index in [4.69, 9.17) is 16.4 Å². The predicted octanol–water partition coefficient (Wildman–Crippen LogP) is 4.85. The Balaban J connectivity index is 2.26. The largest absolute Gasteiger partial charge is 0.458 e. The number of hydrogen-bond donors (Lipinski definition) is 2. The number of ether oxygens (including phenoxy) is 1. The van der Waals surface area contributed by atoms with Crippen LogP contribution in [0, 0.1) is 23.7 Å². The first-order valence-electron chi connectivity index (χ1n) is 14.0. The van der Waals surface area contributed by atoms with Gasteiger partial charge in [0, 0.05) is 13.5 Å². The fourth-order valence-electron chi connectivity index (χ4n) is 5.14. The van der Waals surface area contributed by atoms with Gasteiger partial charge in [0.2, 0.25) is 0 Å². The number of benzene rings is 1. The van der Waals surface area contributed by atoms with Crippen molar-refractivity contribution in [2.45, 2.75) is 92.6 Å². The molecule has 1 aromatic carbocycles. The molecule has 1 aliphatic carbocycles. The first kappa shape index (κ1) is 31.4. The summed E-state index contributed by atoms with van der Waals surface area (Å²) >= 11 is 0. The molecule has 1 fully saturated rings. The molecule has 0 saturated heterocycles. The monoisotopic (exact) mass is 529 g/mol. The van der Waals surface area contributed by atoms with Gasteiger partial charge in [-0.05, 0) is 55.1 Å². The number of nitrogens with zero attached hydrogens (tertiary/aromatic N) is 3. The molecule has 0 radical (unpaired) electrons. The van der Waals surface area contributed by atoms with Crippen molar-refractivity contribution >= 4 is 29.1 Å². The summed E-state index contributed by atoms with van der Waals surface area (Å²) in [6.07, 6.45) is 6.66. The number of para-hydroxylation sites is 1. The summed E-state index contributed by atoms with van der Waals surface area (Å²) in [6, 6.07) is 6.61. The lowest BCUT2D eigenvalue weighted by molar-refractivity contribution is -0.126. The number of hydrogen-bond acceptors (Lipinski definition) is 8. The van der Waals surface area contributed by atoms with Crippen molar-refractivity contribution in [3.63, 3.8) is 0 Å². The highest BCUT2D eigenvalue weighted by atomic mass is 16.5. The molecule has 0 spiro atoms. The Morgan fingerprint density at radius 3 is 2.42 bits per heavy atom. The lowest BCUT2D eigenvalue weighted by Gasteiger charge is -2.36. The van der Waals surface area contributed by atoms with Crippen LogP contribution in [0.1, 0.15) is 96.8 Å². The predicted molar refractivity (Wildman–Crippen MR) is 151 cm³/mol. The number of hydrazine groups is 2. The summed E-state index contributed by atoms with van der Waals surface area (Å²) in [4.78, 5) is 38.8. The molecule has 1 aliphatic rings. The highest BCUT2D eigenvalue weighted by Crippen LogP contribution is 2.36. The number of carbonyl (C=O) groups excluding carboxylic acids is 3. The summed E-state index contributed by atoms with van der Waals surface area (Å²) in [5.74, 6) is 11.9. The van der Waals surface area contributed by atoms with Crippen LogP contribution in [0.3, 0.4) is 0 Å². The molecule has 4 N–H and O–H groups in total. The Kier molecular flexibility index (Phi) is 12.4. The minimum Gasteiger partial charge on any atom is -0.458 e. The second kappa shape index (κ2) is 15.0. The summed E-state index contributed by atoms with van der Waals surface area (Å²) in [5.41, 5.74) is 0.0431. The van der Waals surface area contributed by atoms with Gasteiger partial charge in [-0.25, -0.2) is 16.5 Å². The van der Waals surface area contributed by atoms with Gasteiger partial charge in [-0.15, -0.1) is 5.10 Å². The Hall–Kier alpha value is -2.78. The minimum absolute atomic E-state index is 0.187. The van der Waals surface area contributed by atoms with E-state index in [9.17, 15) is 14.4 Å². The third kappa shape index (κ3) is 8.63. The van der Waals surface area contributed by atoms with E-state index < -0.39 is 23.4 Å². The zero-order chi connectivity index (χ0) is 28.4. The van der Waals surface area contributed by atoms with E-state index in [1.54, 1.807) is 24.3 Å². The average Bonchev–Trinajstić information content (AvgIpc) is 2.88. The SMILES string of the molecule is CCCCC(CC)CN(N)C(=O)/C(=N\N(N)c1ccccc1C(=O)OC1CC(C)CCC1C(C)C)C(C)=O. The molecule has 0 heterocycles. The van der Waals surface area contributed by atoms with Crippen molar-refractivity contribution in [3.8, 4) is 0 Å². The van der Waals surface area contributed by atoms with Crippen LogP contribution in [0.2, 0.25) is 0 Å². The lowest BCUT2D eigenvalue weighted by Crippen LogP contribution is -2.47. The number of amides is 1. The van der Waals surface area contributed by atoms with Gasteiger partial charge in [-0.2, -0.15) is 5.12 Å². The number of unbranched alkanes of at least 4 members (excludes halogenated alkanes) is 1. The van der Waals surface area contributed by atoms with Gasteiger partial charge in [0.1, 0.15) is 6.10 Å². The molecule has 4 atom stereocenters. The standard InChI is InChI=1S/C29H47N5O4/c1-7-9-12-22(8-2)18-33(30)28(36)27(21(6)35)32-34(31)25-14-11-10-13-24(25)29(37)38-26-17-20(5)15-16-23(26)19(3)4/h10-11,13-14,19-20,22-23,26H,7-9,12,15-18,30-31H2,1-6H3/b32-27-. The number of Topliss-reactive ketones (excluding diaryl/α,β-unsaturated/α-hetero) is 1. The van der Waals surface area contributed by atoms with Crippen LogP contribution in [-0.2, 0) is 14.3 Å². The van der Waals surface area contributed by atoms with Gasteiger partial charge in [-0.3, -0.25) is 14.6 Å². The Bertz CT molecular complexity index is 979. The van der Waals surface area contributed by atoms with Gasteiger partial charge in [0.15, 0.2) is 11.5 Å². The van der Waals surface area contributed by atoms with E-state index in [1.165, 1.54) is 6.92 Å². The first-order chi connectivity index (χ1) is 18.0. The third-order valence-electron chi connectivity index (χ3n) is 7.59. The number of ketones is 1. The van der Waals surface area contributed by atoms with E-state index in [-0.39, 0.29) is 29.2 Å². The van der Waals surface area contributed by atoms with E-state index in [0.29, 0.717) is 18.4 Å². The molecule has 0 bridgehead atoms. The number of nitrogens with two attached hydrogens (primary N) is 2. The lowest BCUT2D eigenvalue weighted by atomic mass is 9.75. The van der Waals surface area contributed by atoms with E-state index in [0.717, 1.165) is 55.1 Å². The van der Waals surface area contributed by atoms with Gasteiger partial charge >= 0.3 is 5.97 Å². The molecule has 1 amide bonds. The number of esters is 1. The van der Waals surface area contributed by atoms with Crippen LogP contribution in [0.4, 0.5) is 5.69 Å². The van der Waals surface area contributed by atoms with Crippen LogP contribution in [0.25, 0.3) is 0 Å². The highest BCUT2D eigenvalue weighted by Gasteiger charge is 2.34. The smallest absolute Gasteiger partial charge is 0.340 e. The molecule has 212 valence electrons. The molecule has 1 aromatic rings. The molecule has 9 nitrogen and oxygen atoms in total. The van der Waals surface area contributed by atoms with Crippen LogP contribution in [0.15, 0.2) is 29.4 Å². The molecule has 0 aliphatic heterocycles. The molecular weight excluding hydrogens is 482 g/mol. The maximum absolute atomic E-state index is 13.3. The fourth-order valence-corrected chi connectivity index (χ4v) is 5.14. The highest BCUT2D eigenvalue weighted by molar-refractivity contribution is 6.65. The van der Waals surface area contributed by atoms with E-state index in [2.05, 4.69) is 32.8 Å². The summed E-state index contributed by atoms with van der Waals surface area (Å²) in [6.45, 7) is 12.2. The molecule has 2 rings (SSSR count). The maximum Gasteiger partial charge on any atom is 0.340 e. The van der Waals surface area contributed by atoms with Crippen molar-refractivity contribution in [1.82, 2.24) is 5.01 Å². The first-order valence-corrected chi connectivity index (χ1v) is 14.0. The van der Waals surface area contributed by atoms with Crippen molar-refractivity contribution in [2.75, 3.05) is 11.7 Å². The minimum atomic E-state index is -0.709. The quantitative estimate of drug-likeness (QED) is 0.0932.